The van der Waals surface area contributed by atoms with E-state index in [9.17, 15) is 0 Å². The molecule has 0 amide bonds. The molecule has 2 atom stereocenters. The molecule has 0 aliphatic carbocycles. The summed E-state index contributed by atoms with van der Waals surface area (Å²) in [6, 6.07) is 0. The molecule has 0 aliphatic rings. The summed E-state index contributed by atoms with van der Waals surface area (Å²) in [5.41, 5.74) is 0. The molecular weight excluding hydrogens is 224 g/mol. The summed E-state index contributed by atoms with van der Waals surface area (Å²) >= 11 is 0. The quantitative estimate of drug-likeness (QED) is 0.564. The zero-order chi connectivity index (χ0) is 13.6. The molecule has 0 heterocycles. The molecule has 0 saturated carbocycles. The molecule has 0 bridgehead atoms. The first kappa shape index (κ1) is 16.2. The van der Waals surface area contributed by atoms with Crippen LogP contribution in [0.4, 0.5) is 0 Å². The third-order valence-electron chi connectivity index (χ3n) is 2.15. The molecule has 2 heteroatoms. The number of hydrogen-bond donors (Lipinski definition) is 2. The van der Waals surface area contributed by atoms with E-state index >= 15 is 0 Å². The van der Waals surface area contributed by atoms with E-state index < -0.39 is 12.2 Å². The minimum absolute atomic E-state index is 0.750. The highest BCUT2D eigenvalue weighted by Crippen LogP contribution is 2.04. The van der Waals surface area contributed by atoms with Crippen molar-refractivity contribution in [1.82, 2.24) is 0 Å². The maximum atomic E-state index is 8.96. The smallest absolute Gasteiger partial charge is 0.176 e. The number of rotatable bonds is 5. The Balaban J connectivity index is 3.41. The van der Waals surface area contributed by atoms with Gasteiger partial charge in [-0.25, -0.2) is 0 Å². The van der Waals surface area contributed by atoms with E-state index in [1.54, 1.807) is 0 Å². The maximum absolute atomic E-state index is 8.96. The standard InChI is InChI=1S/C16H18O2/c1-3-15(17)13-11-9-7-5-6-8-10-12-14-16(18)4-2/h1-2,15-18H,5-10H2/t15-,16-/m0/s1. The van der Waals surface area contributed by atoms with Crippen LogP contribution in [0.2, 0.25) is 0 Å². The second-order valence-corrected chi connectivity index (χ2v) is 3.69. The van der Waals surface area contributed by atoms with Crippen molar-refractivity contribution < 1.29 is 10.2 Å². The summed E-state index contributed by atoms with van der Waals surface area (Å²) in [7, 11) is 0. The third kappa shape index (κ3) is 10.7. The molecule has 0 rings (SSSR count). The van der Waals surface area contributed by atoms with Crippen LogP contribution in [0.25, 0.3) is 0 Å². The summed E-state index contributed by atoms with van der Waals surface area (Å²) in [6.07, 6.45) is 13.7. The molecule has 0 aromatic carbocycles. The maximum Gasteiger partial charge on any atom is 0.176 e. The van der Waals surface area contributed by atoms with Crippen molar-refractivity contribution in [3.05, 3.63) is 0 Å². The molecule has 0 radical (unpaired) electrons. The fourth-order valence-electron chi connectivity index (χ4n) is 1.20. The van der Waals surface area contributed by atoms with E-state index in [1.165, 1.54) is 0 Å². The van der Waals surface area contributed by atoms with Crippen molar-refractivity contribution in [3.63, 3.8) is 0 Å². The Morgan fingerprint density at radius 2 is 1.11 bits per heavy atom. The Morgan fingerprint density at radius 1 is 0.722 bits per heavy atom. The van der Waals surface area contributed by atoms with Crippen LogP contribution in [-0.2, 0) is 0 Å². The second kappa shape index (κ2) is 11.6. The van der Waals surface area contributed by atoms with Crippen LogP contribution < -0.4 is 0 Å². The summed E-state index contributed by atoms with van der Waals surface area (Å²) in [5, 5.41) is 17.9. The largest absolute Gasteiger partial charge is 0.369 e. The average molecular weight is 242 g/mol. The molecule has 0 aromatic rings. The number of aliphatic hydroxyl groups excluding tert-OH is 2. The lowest BCUT2D eigenvalue weighted by Gasteiger charge is -1.95. The van der Waals surface area contributed by atoms with Crippen LogP contribution in [0.5, 0.6) is 0 Å². The molecule has 0 saturated heterocycles. The van der Waals surface area contributed by atoms with Crippen LogP contribution in [0.1, 0.15) is 38.5 Å². The highest BCUT2D eigenvalue weighted by molar-refractivity contribution is 5.16. The van der Waals surface area contributed by atoms with E-state index in [-0.39, 0.29) is 0 Å². The average Bonchev–Trinajstić information content (AvgIpc) is 2.40. The van der Waals surface area contributed by atoms with Gasteiger partial charge in [-0.15, -0.1) is 12.8 Å². The second-order valence-electron chi connectivity index (χ2n) is 3.69. The van der Waals surface area contributed by atoms with Crippen LogP contribution in [0.15, 0.2) is 0 Å². The van der Waals surface area contributed by atoms with Crippen LogP contribution in [0.3, 0.4) is 0 Å². The van der Waals surface area contributed by atoms with Gasteiger partial charge < -0.3 is 10.2 Å². The zero-order valence-corrected chi connectivity index (χ0v) is 10.4. The minimum atomic E-state index is -0.942. The van der Waals surface area contributed by atoms with Gasteiger partial charge in [0.2, 0.25) is 0 Å². The van der Waals surface area contributed by atoms with Gasteiger partial charge in [-0.05, 0) is 12.8 Å². The molecule has 0 aromatic heterocycles. The molecular formula is C16H18O2. The van der Waals surface area contributed by atoms with Crippen LogP contribution >= 0.6 is 0 Å². The molecule has 0 spiro atoms. The number of unbranched alkanes of at least 4 members (excludes halogenated alkanes) is 5. The summed E-state index contributed by atoms with van der Waals surface area (Å²) in [6.45, 7) is 0. The predicted octanol–water partition coefficient (Wildman–Crippen LogP) is 1.32. The van der Waals surface area contributed by atoms with Gasteiger partial charge in [0, 0.05) is 12.8 Å². The molecule has 2 N–H and O–H groups in total. The predicted molar refractivity (Wildman–Crippen MR) is 72.9 cm³/mol. The molecule has 94 valence electrons. The normalized spacial score (nSPS) is 11.8. The van der Waals surface area contributed by atoms with E-state index in [2.05, 4.69) is 35.5 Å². The summed E-state index contributed by atoms with van der Waals surface area (Å²) in [5.74, 6) is 15.1. The Hall–Kier alpha value is -1.84. The van der Waals surface area contributed by atoms with Crippen molar-refractivity contribution in [2.45, 2.75) is 50.7 Å². The van der Waals surface area contributed by atoms with Crippen molar-refractivity contribution in [3.8, 4) is 48.4 Å². The molecule has 0 unspecified atom stereocenters. The highest BCUT2D eigenvalue weighted by Gasteiger charge is 1.90. The van der Waals surface area contributed by atoms with Crippen LogP contribution in [-0.4, -0.2) is 22.4 Å². The molecule has 18 heavy (non-hydrogen) atoms. The minimum Gasteiger partial charge on any atom is -0.369 e. The third-order valence-corrected chi connectivity index (χ3v) is 2.15. The van der Waals surface area contributed by atoms with Gasteiger partial charge >= 0.3 is 0 Å². The number of aliphatic hydroxyl groups is 2. The Labute approximate surface area is 110 Å². The lowest BCUT2D eigenvalue weighted by atomic mass is 10.1. The fraction of sp³-hybridized carbons (Fsp3) is 0.500. The van der Waals surface area contributed by atoms with Crippen molar-refractivity contribution in [2.24, 2.45) is 0 Å². The Morgan fingerprint density at radius 3 is 1.44 bits per heavy atom. The van der Waals surface area contributed by atoms with Crippen molar-refractivity contribution in [1.29, 1.82) is 0 Å². The van der Waals surface area contributed by atoms with E-state index in [4.69, 9.17) is 23.1 Å². The zero-order valence-electron chi connectivity index (χ0n) is 10.4. The van der Waals surface area contributed by atoms with Gasteiger partial charge in [0.1, 0.15) is 0 Å². The first-order valence-corrected chi connectivity index (χ1v) is 5.96. The van der Waals surface area contributed by atoms with Gasteiger partial charge in [-0.2, -0.15) is 0 Å². The molecule has 0 fully saturated rings. The Kier molecular flexibility index (Phi) is 10.4. The first-order chi connectivity index (χ1) is 8.70. The van der Waals surface area contributed by atoms with Gasteiger partial charge in [0.05, 0.1) is 0 Å². The lowest BCUT2D eigenvalue weighted by molar-refractivity contribution is 0.289. The van der Waals surface area contributed by atoms with Gasteiger partial charge in [-0.1, -0.05) is 48.4 Å². The first-order valence-electron chi connectivity index (χ1n) is 5.96. The lowest BCUT2D eigenvalue weighted by Crippen LogP contribution is -1.96. The highest BCUT2D eigenvalue weighted by atomic mass is 16.3. The van der Waals surface area contributed by atoms with Crippen molar-refractivity contribution in [2.75, 3.05) is 0 Å². The fourth-order valence-corrected chi connectivity index (χ4v) is 1.20. The molecule has 0 aliphatic heterocycles. The molecule has 2 nitrogen and oxygen atoms in total. The van der Waals surface area contributed by atoms with Crippen LogP contribution in [0, 0.1) is 48.4 Å². The monoisotopic (exact) mass is 242 g/mol. The van der Waals surface area contributed by atoms with E-state index in [0.717, 1.165) is 38.5 Å². The van der Waals surface area contributed by atoms with E-state index in [1.807, 2.05) is 0 Å². The van der Waals surface area contributed by atoms with Gasteiger partial charge in [-0.3, -0.25) is 0 Å². The van der Waals surface area contributed by atoms with Crippen molar-refractivity contribution >= 4 is 0 Å². The summed E-state index contributed by atoms with van der Waals surface area (Å²) < 4.78 is 0. The van der Waals surface area contributed by atoms with E-state index in [0.29, 0.717) is 0 Å². The van der Waals surface area contributed by atoms with Gasteiger partial charge in [0.25, 0.3) is 0 Å². The number of terminal acetylenes is 2. The SMILES string of the molecule is C#C[C@H](O)C#CCCCCCCC#C[C@@H](O)C#C. The topological polar surface area (TPSA) is 40.5 Å². The number of hydrogen-bond acceptors (Lipinski definition) is 2. The van der Waals surface area contributed by atoms with Gasteiger partial charge in [0.15, 0.2) is 12.2 Å². The Bertz CT molecular complexity index is 372. The summed E-state index contributed by atoms with van der Waals surface area (Å²) in [4.78, 5) is 0.